The number of hydrogen-bond acceptors (Lipinski definition) is 6. The quantitative estimate of drug-likeness (QED) is 0.451. The lowest BCUT2D eigenvalue weighted by Gasteiger charge is -2.08. The third-order valence-electron chi connectivity index (χ3n) is 4.07. The molecule has 0 aliphatic carbocycles. The van der Waals surface area contributed by atoms with Crippen molar-refractivity contribution in [3.63, 3.8) is 0 Å². The molecule has 0 bridgehead atoms. The Labute approximate surface area is 157 Å². The maximum absolute atomic E-state index is 12.0. The summed E-state index contributed by atoms with van der Waals surface area (Å²) in [7, 11) is 1.62. The van der Waals surface area contributed by atoms with Crippen molar-refractivity contribution in [3.05, 3.63) is 59.7 Å². The van der Waals surface area contributed by atoms with Gasteiger partial charge in [-0.25, -0.2) is 0 Å². The first kappa shape index (κ1) is 18.6. The van der Waals surface area contributed by atoms with Gasteiger partial charge in [-0.1, -0.05) is 42.5 Å². The third kappa shape index (κ3) is 5.13. The monoisotopic (exact) mass is 366 g/mol. The summed E-state index contributed by atoms with van der Waals surface area (Å²) in [4.78, 5) is 13.5. The van der Waals surface area contributed by atoms with E-state index in [2.05, 4.69) is 15.4 Å². The molecule has 1 heterocycles. The molecule has 0 fully saturated rings. The molecular weight excluding hydrogens is 344 g/mol. The molecule has 0 unspecified atom stereocenters. The third-order valence-corrected chi connectivity index (χ3v) is 4.07. The van der Waals surface area contributed by atoms with Crippen molar-refractivity contribution in [1.29, 1.82) is 0 Å². The minimum Gasteiger partial charge on any atom is -0.496 e. The number of nitrogens with zero attached hydrogens (tertiary/aromatic N) is 4. The largest absolute Gasteiger partial charge is 0.496 e. The number of aryl methyl sites for hydroxylation is 2. The van der Waals surface area contributed by atoms with Gasteiger partial charge in [-0.15, -0.1) is 10.2 Å². The number of benzene rings is 2. The molecular formula is C20H22N4O3. The summed E-state index contributed by atoms with van der Waals surface area (Å²) in [5, 5.41) is 12.4. The SMILES string of the molecule is COc1cc(CC(=O)OCCCn2nnc(-c3ccccc3)n2)ccc1C. The fourth-order valence-electron chi connectivity index (χ4n) is 2.62. The molecule has 0 saturated heterocycles. The lowest BCUT2D eigenvalue weighted by Crippen LogP contribution is -2.12. The summed E-state index contributed by atoms with van der Waals surface area (Å²) < 4.78 is 10.6. The summed E-state index contributed by atoms with van der Waals surface area (Å²) in [6, 6.07) is 15.4. The van der Waals surface area contributed by atoms with Crippen LogP contribution in [0.4, 0.5) is 0 Å². The van der Waals surface area contributed by atoms with Crippen LogP contribution < -0.4 is 4.74 Å². The number of esters is 1. The summed E-state index contributed by atoms with van der Waals surface area (Å²) in [5.41, 5.74) is 2.82. The van der Waals surface area contributed by atoms with Crippen molar-refractivity contribution < 1.29 is 14.3 Å². The van der Waals surface area contributed by atoms with Gasteiger partial charge in [-0.05, 0) is 29.3 Å². The van der Waals surface area contributed by atoms with E-state index in [4.69, 9.17) is 9.47 Å². The molecule has 7 heteroatoms. The zero-order valence-corrected chi connectivity index (χ0v) is 15.5. The number of carbonyl (C=O) groups is 1. The van der Waals surface area contributed by atoms with E-state index in [1.54, 1.807) is 7.11 Å². The molecule has 0 N–H and O–H groups in total. The molecule has 2 aromatic carbocycles. The second-order valence-electron chi connectivity index (χ2n) is 6.13. The van der Waals surface area contributed by atoms with Crippen molar-refractivity contribution in [1.82, 2.24) is 20.2 Å². The van der Waals surface area contributed by atoms with Crippen molar-refractivity contribution in [2.24, 2.45) is 0 Å². The fraction of sp³-hybridized carbons (Fsp3) is 0.300. The molecule has 0 spiro atoms. The fourth-order valence-corrected chi connectivity index (χ4v) is 2.62. The van der Waals surface area contributed by atoms with E-state index in [1.165, 1.54) is 4.80 Å². The van der Waals surface area contributed by atoms with Gasteiger partial charge in [0.15, 0.2) is 0 Å². The van der Waals surface area contributed by atoms with Crippen LogP contribution in [0.15, 0.2) is 48.5 Å². The van der Waals surface area contributed by atoms with Crippen LogP contribution in [0.2, 0.25) is 0 Å². The Bertz CT molecular complexity index is 893. The van der Waals surface area contributed by atoms with Crippen LogP contribution in [0.25, 0.3) is 11.4 Å². The molecule has 0 aliphatic heterocycles. The van der Waals surface area contributed by atoms with E-state index in [0.717, 1.165) is 22.4 Å². The van der Waals surface area contributed by atoms with Gasteiger partial charge in [0, 0.05) is 12.0 Å². The molecule has 0 radical (unpaired) electrons. The first-order valence-corrected chi connectivity index (χ1v) is 8.78. The molecule has 3 rings (SSSR count). The van der Waals surface area contributed by atoms with Gasteiger partial charge in [-0.3, -0.25) is 4.79 Å². The summed E-state index contributed by atoms with van der Waals surface area (Å²) >= 11 is 0. The van der Waals surface area contributed by atoms with Gasteiger partial charge in [0.05, 0.1) is 26.7 Å². The molecule has 0 saturated carbocycles. The van der Waals surface area contributed by atoms with Crippen LogP contribution in [0, 0.1) is 6.92 Å². The van der Waals surface area contributed by atoms with E-state index >= 15 is 0 Å². The zero-order chi connectivity index (χ0) is 19.1. The van der Waals surface area contributed by atoms with Crippen molar-refractivity contribution in [3.8, 4) is 17.1 Å². The van der Waals surface area contributed by atoms with Crippen molar-refractivity contribution in [2.45, 2.75) is 26.3 Å². The van der Waals surface area contributed by atoms with Crippen LogP contribution in [0.3, 0.4) is 0 Å². The number of carbonyl (C=O) groups excluding carboxylic acids is 1. The summed E-state index contributed by atoms with van der Waals surface area (Å²) in [6.07, 6.45) is 0.837. The number of aromatic nitrogens is 4. The van der Waals surface area contributed by atoms with Crippen LogP contribution in [-0.4, -0.2) is 39.9 Å². The molecule has 3 aromatic rings. The van der Waals surface area contributed by atoms with Crippen LogP contribution in [-0.2, 0) is 22.5 Å². The predicted molar refractivity (Wildman–Crippen MR) is 100 cm³/mol. The Kier molecular flexibility index (Phi) is 6.14. The molecule has 140 valence electrons. The van der Waals surface area contributed by atoms with Crippen molar-refractivity contribution in [2.75, 3.05) is 13.7 Å². The van der Waals surface area contributed by atoms with Crippen LogP contribution in [0.5, 0.6) is 5.75 Å². The van der Waals surface area contributed by atoms with Gasteiger partial charge < -0.3 is 9.47 Å². The number of methoxy groups -OCH3 is 1. The summed E-state index contributed by atoms with van der Waals surface area (Å²) in [5.74, 6) is 1.09. The van der Waals surface area contributed by atoms with E-state index in [1.807, 2.05) is 55.5 Å². The summed E-state index contributed by atoms with van der Waals surface area (Å²) in [6.45, 7) is 2.80. The van der Waals surface area contributed by atoms with Gasteiger partial charge in [0.1, 0.15) is 5.75 Å². The number of ether oxygens (including phenoxy) is 2. The topological polar surface area (TPSA) is 79.1 Å². The molecule has 7 nitrogen and oxygen atoms in total. The standard InChI is InChI=1S/C20H22N4O3/c1-15-9-10-16(13-18(15)26-2)14-19(25)27-12-6-11-24-22-20(21-23-24)17-7-4-3-5-8-17/h3-5,7-10,13H,6,11-12,14H2,1-2H3. The van der Waals surface area contributed by atoms with Crippen LogP contribution >= 0.6 is 0 Å². The maximum atomic E-state index is 12.0. The van der Waals surface area contributed by atoms with E-state index in [-0.39, 0.29) is 12.4 Å². The minimum absolute atomic E-state index is 0.219. The molecule has 0 aliphatic rings. The predicted octanol–water partition coefficient (Wildman–Crippen LogP) is 2.83. The smallest absolute Gasteiger partial charge is 0.310 e. The lowest BCUT2D eigenvalue weighted by molar-refractivity contribution is -0.143. The second kappa shape index (κ2) is 8.93. The molecule has 27 heavy (non-hydrogen) atoms. The number of tetrazole rings is 1. The van der Waals surface area contributed by atoms with Gasteiger partial charge in [-0.2, -0.15) is 4.80 Å². The Morgan fingerprint density at radius 1 is 1.15 bits per heavy atom. The van der Waals surface area contributed by atoms with Gasteiger partial charge >= 0.3 is 5.97 Å². The second-order valence-corrected chi connectivity index (χ2v) is 6.13. The number of hydrogen-bond donors (Lipinski definition) is 0. The normalized spacial score (nSPS) is 10.6. The first-order valence-electron chi connectivity index (χ1n) is 8.78. The Balaban J connectivity index is 1.42. The highest BCUT2D eigenvalue weighted by atomic mass is 16.5. The van der Waals surface area contributed by atoms with Gasteiger partial charge in [0.2, 0.25) is 5.82 Å². The van der Waals surface area contributed by atoms with Crippen LogP contribution in [0.1, 0.15) is 17.5 Å². The highest BCUT2D eigenvalue weighted by Gasteiger charge is 2.08. The highest BCUT2D eigenvalue weighted by Crippen LogP contribution is 2.19. The molecule has 0 amide bonds. The Morgan fingerprint density at radius 2 is 1.96 bits per heavy atom. The van der Waals surface area contributed by atoms with E-state index in [9.17, 15) is 4.79 Å². The van der Waals surface area contributed by atoms with Gasteiger partial charge in [0.25, 0.3) is 0 Å². The first-order chi connectivity index (χ1) is 13.2. The zero-order valence-electron chi connectivity index (χ0n) is 15.5. The van der Waals surface area contributed by atoms with E-state index in [0.29, 0.717) is 25.4 Å². The number of rotatable bonds is 8. The van der Waals surface area contributed by atoms with Crippen molar-refractivity contribution >= 4 is 5.97 Å². The lowest BCUT2D eigenvalue weighted by atomic mass is 10.1. The highest BCUT2D eigenvalue weighted by molar-refractivity contribution is 5.72. The molecule has 0 atom stereocenters. The average Bonchev–Trinajstić information content (AvgIpc) is 3.16. The maximum Gasteiger partial charge on any atom is 0.310 e. The minimum atomic E-state index is -0.266. The molecule has 1 aromatic heterocycles. The Hall–Kier alpha value is -3.22. The Morgan fingerprint density at radius 3 is 2.74 bits per heavy atom. The average molecular weight is 366 g/mol. The van der Waals surface area contributed by atoms with E-state index < -0.39 is 0 Å².